The van der Waals surface area contributed by atoms with Crippen molar-refractivity contribution in [3.63, 3.8) is 0 Å². The quantitative estimate of drug-likeness (QED) is 0.789. The van der Waals surface area contributed by atoms with E-state index in [1.807, 2.05) is 0 Å². The number of amides is 1. The fraction of sp³-hybridized carbons (Fsp3) is 0.938. The van der Waals surface area contributed by atoms with Crippen molar-refractivity contribution in [2.24, 2.45) is 11.8 Å². The van der Waals surface area contributed by atoms with E-state index in [1.54, 1.807) is 0 Å². The minimum Gasteiger partial charge on any atom is -0.373 e. The maximum Gasteiger partial charge on any atom is 0.237 e. The molecule has 5 heteroatoms. The van der Waals surface area contributed by atoms with Gasteiger partial charge in [0.2, 0.25) is 5.91 Å². The van der Waals surface area contributed by atoms with Gasteiger partial charge in [-0.1, -0.05) is 6.42 Å². The van der Waals surface area contributed by atoms with E-state index in [1.165, 1.54) is 38.6 Å². The summed E-state index contributed by atoms with van der Waals surface area (Å²) in [5, 5.41) is 6.55. The molecule has 21 heavy (non-hydrogen) atoms. The second-order valence-electron chi connectivity index (χ2n) is 7.23. The van der Waals surface area contributed by atoms with Gasteiger partial charge in [-0.15, -0.1) is 0 Å². The molecule has 4 aliphatic rings. The smallest absolute Gasteiger partial charge is 0.237 e. The highest BCUT2D eigenvalue weighted by molar-refractivity contribution is 5.82. The van der Waals surface area contributed by atoms with E-state index in [0.717, 1.165) is 25.6 Å². The summed E-state index contributed by atoms with van der Waals surface area (Å²) in [7, 11) is 0. The Morgan fingerprint density at radius 2 is 2.24 bits per heavy atom. The fourth-order valence-electron chi connectivity index (χ4n) is 4.81. The molecule has 3 heterocycles. The molecule has 0 aromatic rings. The zero-order valence-corrected chi connectivity index (χ0v) is 12.7. The molecular formula is C16H27N3O2. The standard InChI is InChI=1S/C16H27N3O2/c20-16(15-14-5-1-3-11(14)7-17-15)18-8-13-9-19-6-2-4-12(19)10-21-13/h11-15,17H,1-10H2,(H,18,20). The average Bonchev–Trinajstić information content (AvgIpc) is 3.19. The van der Waals surface area contributed by atoms with Gasteiger partial charge >= 0.3 is 0 Å². The highest BCUT2D eigenvalue weighted by atomic mass is 16.5. The number of rotatable bonds is 3. The van der Waals surface area contributed by atoms with Crippen LogP contribution in [0.4, 0.5) is 0 Å². The molecule has 4 fully saturated rings. The topological polar surface area (TPSA) is 53.6 Å². The van der Waals surface area contributed by atoms with Crippen molar-refractivity contribution >= 4 is 5.91 Å². The van der Waals surface area contributed by atoms with Gasteiger partial charge in [-0.3, -0.25) is 9.69 Å². The van der Waals surface area contributed by atoms with Gasteiger partial charge < -0.3 is 15.4 Å². The number of nitrogens with zero attached hydrogens (tertiary/aromatic N) is 1. The van der Waals surface area contributed by atoms with Gasteiger partial charge in [0.1, 0.15) is 0 Å². The van der Waals surface area contributed by atoms with Crippen LogP contribution in [0.3, 0.4) is 0 Å². The van der Waals surface area contributed by atoms with Gasteiger partial charge in [-0.05, 0) is 50.6 Å². The highest BCUT2D eigenvalue weighted by Gasteiger charge is 2.42. The van der Waals surface area contributed by atoms with Gasteiger partial charge in [0.15, 0.2) is 0 Å². The Labute approximate surface area is 126 Å². The monoisotopic (exact) mass is 293 g/mol. The summed E-state index contributed by atoms with van der Waals surface area (Å²) in [5.74, 6) is 1.49. The molecule has 0 aromatic carbocycles. The Bertz CT molecular complexity index is 403. The van der Waals surface area contributed by atoms with Crippen LogP contribution < -0.4 is 10.6 Å². The summed E-state index contributed by atoms with van der Waals surface area (Å²) in [6, 6.07) is 0.674. The molecule has 1 aliphatic carbocycles. The van der Waals surface area contributed by atoms with Crippen molar-refractivity contribution in [1.82, 2.24) is 15.5 Å². The van der Waals surface area contributed by atoms with Crippen molar-refractivity contribution in [2.75, 3.05) is 32.8 Å². The molecule has 5 nitrogen and oxygen atoms in total. The molecule has 0 spiro atoms. The molecule has 1 amide bonds. The summed E-state index contributed by atoms with van der Waals surface area (Å²) in [5.41, 5.74) is 0. The number of nitrogens with one attached hydrogen (secondary N) is 2. The third-order valence-electron chi connectivity index (χ3n) is 5.99. The number of fused-ring (bicyclic) bond motifs is 2. The number of hydrogen-bond donors (Lipinski definition) is 2. The number of carbonyl (C=O) groups excluding carboxylic acids is 1. The van der Waals surface area contributed by atoms with Crippen LogP contribution in [-0.4, -0.2) is 61.8 Å². The third kappa shape index (κ3) is 2.71. The molecule has 5 atom stereocenters. The van der Waals surface area contributed by atoms with Crippen molar-refractivity contribution in [1.29, 1.82) is 0 Å². The Morgan fingerprint density at radius 3 is 3.19 bits per heavy atom. The lowest BCUT2D eigenvalue weighted by atomic mass is 9.93. The molecule has 3 saturated heterocycles. The van der Waals surface area contributed by atoms with Gasteiger partial charge in [-0.2, -0.15) is 0 Å². The Balaban J connectivity index is 1.26. The van der Waals surface area contributed by atoms with E-state index in [9.17, 15) is 4.79 Å². The maximum atomic E-state index is 12.4. The van der Waals surface area contributed by atoms with Crippen LogP contribution in [0.5, 0.6) is 0 Å². The largest absolute Gasteiger partial charge is 0.373 e. The van der Waals surface area contributed by atoms with Crippen LogP contribution in [0.1, 0.15) is 32.1 Å². The van der Waals surface area contributed by atoms with Gasteiger partial charge in [-0.25, -0.2) is 0 Å². The first-order chi connectivity index (χ1) is 10.3. The predicted octanol–water partition coefficient (Wildman–Crippen LogP) is 0.354. The summed E-state index contributed by atoms with van der Waals surface area (Å²) >= 11 is 0. The second kappa shape index (κ2) is 5.86. The van der Waals surface area contributed by atoms with Crippen LogP contribution in [0, 0.1) is 11.8 Å². The highest BCUT2D eigenvalue weighted by Crippen LogP contribution is 2.37. The first-order valence-corrected chi connectivity index (χ1v) is 8.68. The van der Waals surface area contributed by atoms with E-state index < -0.39 is 0 Å². The Kier molecular flexibility index (Phi) is 3.90. The maximum absolute atomic E-state index is 12.4. The summed E-state index contributed by atoms with van der Waals surface area (Å²) < 4.78 is 5.91. The van der Waals surface area contributed by atoms with Crippen molar-refractivity contribution in [3.05, 3.63) is 0 Å². The average molecular weight is 293 g/mol. The van der Waals surface area contributed by atoms with Crippen LogP contribution in [-0.2, 0) is 9.53 Å². The molecule has 4 rings (SSSR count). The first-order valence-electron chi connectivity index (χ1n) is 8.68. The van der Waals surface area contributed by atoms with E-state index in [4.69, 9.17) is 4.74 Å². The predicted molar refractivity (Wildman–Crippen MR) is 80.0 cm³/mol. The summed E-state index contributed by atoms with van der Waals surface area (Å²) in [6.07, 6.45) is 6.54. The minimum atomic E-state index is 0.0422. The lowest BCUT2D eigenvalue weighted by molar-refractivity contribution is -0.125. The molecular weight excluding hydrogens is 266 g/mol. The normalized spacial score (nSPS) is 42.8. The van der Waals surface area contributed by atoms with Crippen LogP contribution in [0.25, 0.3) is 0 Å². The lowest BCUT2D eigenvalue weighted by Crippen LogP contribution is -2.52. The summed E-state index contributed by atoms with van der Waals surface area (Å²) in [4.78, 5) is 14.9. The first kappa shape index (κ1) is 14.0. The molecule has 0 bridgehead atoms. The van der Waals surface area contributed by atoms with Crippen molar-refractivity contribution in [3.8, 4) is 0 Å². The van der Waals surface area contributed by atoms with Gasteiger partial charge in [0.25, 0.3) is 0 Å². The second-order valence-corrected chi connectivity index (χ2v) is 7.23. The zero-order chi connectivity index (χ0) is 14.2. The zero-order valence-electron chi connectivity index (χ0n) is 12.7. The number of ether oxygens (including phenoxy) is 1. The molecule has 1 saturated carbocycles. The van der Waals surface area contributed by atoms with E-state index in [2.05, 4.69) is 15.5 Å². The molecule has 0 aromatic heterocycles. The number of hydrogen-bond acceptors (Lipinski definition) is 4. The van der Waals surface area contributed by atoms with Gasteiger partial charge in [0.05, 0.1) is 18.8 Å². The Morgan fingerprint density at radius 1 is 1.29 bits per heavy atom. The summed E-state index contributed by atoms with van der Waals surface area (Å²) in [6.45, 7) is 4.71. The third-order valence-corrected chi connectivity index (χ3v) is 5.99. The lowest BCUT2D eigenvalue weighted by Gasteiger charge is -2.35. The van der Waals surface area contributed by atoms with E-state index in [-0.39, 0.29) is 18.1 Å². The molecule has 0 radical (unpaired) electrons. The molecule has 118 valence electrons. The fourth-order valence-corrected chi connectivity index (χ4v) is 4.81. The molecule has 5 unspecified atom stereocenters. The van der Waals surface area contributed by atoms with E-state index in [0.29, 0.717) is 18.5 Å². The number of carbonyl (C=O) groups is 1. The van der Waals surface area contributed by atoms with E-state index >= 15 is 0 Å². The Hall–Kier alpha value is -0.650. The minimum absolute atomic E-state index is 0.0422. The van der Waals surface area contributed by atoms with Gasteiger partial charge in [0, 0.05) is 19.1 Å². The number of morpholine rings is 1. The molecule has 2 N–H and O–H groups in total. The van der Waals surface area contributed by atoms with Crippen molar-refractivity contribution < 1.29 is 9.53 Å². The van der Waals surface area contributed by atoms with Crippen molar-refractivity contribution in [2.45, 2.75) is 50.3 Å². The van der Waals surface area contributed by atoms with Crippen LogP contribution >= 0.6 is 0 Å². The SMILES string of the molecule is O=C(NCC1CN2CCCC2CO1)C1NCC2CCCC21. The van der Waals surface area contributed by atoms with Crippen LogP contribution in [0.2, 0.25) is 0 Å². The molecule has 3 aliphatic heterocycles. The van der Waals surface area contributed by atoms with Crippen LogP contribution in [0.15, 0.2) is 0 Å².